The minimum Gasteiger partial charge on any atom is -0.545 e. The molecule has 14 heteroatoms. The van der Waals surface area contributed by atoms with E-state index in [1.165, 1.54) is 0 Å². The molecule has 0 amide bonds. The van der Waals surface area contributed by atoms with Crippen molar-refractivity contribution in [2.45, 2.75) is 138 Å². The average molecular weight is 1100 g/mol. The Bertz CT molecular complexity index is 944. The molecule has 0 bridgehead atoms. The summed E-state index contributed by atoms with van der Waals surface area (Å²) in [5.74, 6) is -6.81. The van der Waals surface area contributed by atoms with E-state index < -0.39 is 35.8 Å². The number of carboxylic acid groups (broad SMARTS) is 6. The van der Waals surface area contributed by atoms with Crippen LogP contribution in [0.5, 0.6) is 0 Å². The second-order valence-corrected chi connectivity index (χ2v) is 12.8. The Balaban J connectivity index is -0.000000199. The van der Waals surface area contributed by atoms with Gasteiger partial charge >= 0.3 is 52.4 Å². The van der Waals surface area contributed by atoms with Crippen molar-refractivity contribution in [3.05, 3.63) is 34.9 Å². The van der Waals surface area contributed by atoms with Gasteiger partial charge in [0.05, 0.1) is 35.8 Å². The first-order chi connectivity index (χ1) is 22.3. The zero-order valence-corrected chi connectivity index (χ0v) is 37.3. The fourth-order valence-electron chi connectivity index (χ4n) is 4.26. The molecule has 0 atom stereocenters. The van der Waals surface area contributed by atoms with Crippen LogP contribution in [0, 0.1) is 17.8 Å². The first kappa shape index (κ1) is 57.2. The maximum Gasteiger partial charge on any atom is 3.00 e. The van der Waals surface area contributed by atoms with Crippen molar-refractivity contribution >= 4 is 88.2 Å². The second-order valence-electron chi connectivity index (χ2n) is 12.8. The minimum absolute atomic E-state index is 0. The van der Waals surface area contributed by atoms with Crippen LogP contribution in [0.1, 0.15) is 138 Å². The number of aliphatic carboxylic acids is 6. The Kier molecular flexibility index (Phi) is 41.8. The molecule has 50 heavy (non-hydrogen) atoms. The largest absolute Gasteiger partial charge is 3.00 e. The molecule has 4 radical (unpaired) electrons. The molecule has 0 fully saturated rings. The number of unbranched alkanes of at least 4 members (excludes halogenated alkanes) is 6. The Labute approximate surface area is 336 Å². The Hall–Kier alpha value is -2.19. The van der Waals surface area contributed by atoms with Crippen molar-refractivity contribution in [3.63, 3.8) is 0 Å². The van der Waals surface area contributed by atoms with Gasteiger partial charge in [-0.05, 0) is 91.2 Å². The monoisotopic (exact) mass is 1100 g/mol. The molecule has 0 rings (SSSR count). The van der Waals surface area contributed by atoms with Gasteiger partial charge in [0.15, 0.2) is 0 Å². The van der Waals surface area contributed by atoms with Crippen LogP contribution in [0.2, 0.25) is 0 Å². The average Bonchev–Trinajstić information content (AvgIpc) is 2.94. The van der Waals surface area contributed by atoms with Crippen LogP contribution in [-0.2, 0) is 28.8 Å². The Morgan fingerprint density at radius 3 is 0.720 bits per heavy atom. The minimum atomic E-state index is -1.48. The van der Waals surface area contributed by atoms with Crippen LogP contribution < -0.4 is 30.6 Å². The van der Waals surface area contributed by atoms with Crippen molar-refractivity contribution in [2.75, 3.05) is 0 Å². The van der Waals surface area contributed by atoms with Gasteiger partial charge in [0.1, 0.15) is 0 Å². The fraction of sp³-hybridized carbons (Fsp3) is 0.667. The molecule has 0 aliphatic carbocycles. The van der Waals surface area contributed by atoms with Crippen LogP contribution in [0.25, 0.3) is 0 Å². The SMILES string of the molecule is CC(C)CCCCCC(=CC(=O)[O-])C(=O)[O-].CC(C)CCCCCC(=CC(=O)[O-])C(=O)[O-].CC(C)CCCCCC(=CC(=O)[O-])C(=O)[O-].[Bi+3].[Bi+3]. The van der Waals surface area contributed by atoms with E-state index in [1.54, 1.807) is 0 Å². The summed E-state index contributed by atoms with van der Waals surface area (Å²) >= 11 is 0. The predicted octanol–water partition coefficient (Wildman–Crippen LogP) is -0.704. The molecule has 12 nitrogen and oxygen atoms in total. The number of hydrogen-bond acceptors (Lipinski definition) is 12. The van der Waals surface area contributed by atoms with E-state index >= 15 is 0 Å². The number of rotatable bonds is 24. The number of hydrogen-bond donors (Lipinski definition) is 0. The van der Waals surface area contributed by atoms with Crippen LogP contribution in [0.3, 0.4) is 0 Å². The standard InChI is InChI=1S/3C12H20O4.2Bi/c3*1-9(2)6-4-3-5-7-10(12(15)16)8-11(13)14;;/h3*8-9H,3-7H2,1-2H3,(H,13,14)(H,15,16);;/q;;;2*+3/p-6. The van der Waals surface area contributed by atoms with Gasteiger partial charge < -0.3 is 59.4 Å². The van der Waals surface area contributed by atoms with E-state index in [-0.39, 0.29) is 88.4 Å². The van der Waals surface area contributed by atoms with Crippen LogP contribution in [0.4, 0.5) is 0 Å². The molecule has 0 heterocycles. The number of carboxylic acids is 6. The fourth-order valence-corrected chi connectivity index (χ4v) is 4.26. The van der Waals surface area contributed by atoms with Crippen LogP contribution in [-0.4, -0.2) is 88.2 Å². The van der Waals surface area contributed by atoms with Crippen molar-refractivity contribution in [2.24, 2.45) is 17.8 Å². The van der Waals surface area contributed by atoms with Gasteiger partial charge in [0, 0.05) is 0 Å². The molecule has 0 aromatic rings. The Morgan fingerprint density at radius 2 is 0.580 bits per heavy atom. The third-order valence-electron chi connectivity index (χ3n) is 6.85. The molecule has 280 valence electrons. The third kappa shape index (κ3) is 43.8. The zero-order valence-electron chi connectivity index (χ0n) is 30.4. The number of carbonyl (C=O) groups is 6. The molecule has 0 aliphatic heterocycles. The van der Waals surface area contributed by atoms with E-state index in [2.05, 4.69) is 41.5 Å². The molecule has 0 aliphatic rings. The maximum absolute atomic E-state index is 10.5. The molecule has 0 unspecified atom stereocenters. The second kappa shape index (κ2) is 36.6. The molecule has 0 saturated heterocycles. The summed E-state index contributed by atoms with van der Waals surface area (Å²) < 4.78 is 0. The van der Waals surface area contributed by atoms with E-state index in [4.69, 9.17) is 0 Å². The van der Waals surface area contributed by atoms with Gasteiger partial charge in [-0.3, -0.25) is 0 Å². The van der Waals surface area contributed by atoms with E-state index in [0.29, 0.717) is 55.2 Å². The molecule has 0 spiro atoms. The van der Waals surface area contributed by atoms with Crippen LogP contribution in [0.15, 0.2) is 34.9 Å². The molecule has 0 aromatic heterocycles. The molecule has 0 aromatic carbocycles. The first-order valence-corrected chi connectivity index (χ1v) is 16.7. The summed E-state index contributed by atoms with van der Waals surface area (Å²) in [6.07, 6.45) is 13.6. The van der Waals surface area contributed by atoms with Crippen molar-refractivity contribution < 1.29 is 59.4 Å². The molecule has 0 N–H and O–H groups in total. The summed E-state index contributed by atoms with van der Waals surface area (Å²) in [5, 5.41) is 62.3. The summed E-state index contributed by atoms with van der Waals surface area (Å²) in [6, 6.07) is 0. The third-order valence-corrected chi connectivity index (χ3v) is 6.85. The summed E-state index contributed by atoms with van der Waals surface area (Å²) in [5.41, 5.74) is -0.571. The van der Waals surface area contributed by atoms with Gasteiger partial charge in [-0.1, -0.05) is 99.3 Å². The summed E-state index contributed by atoms with van der Waals surface area (Å²) in [4.78, 5) is 62.3. The topological polar surface area (TPSA) is 241 Å². The molecule has 0 saturated carbocycles. The smallest absolute Gasteiger partial charge is 0.545 e. The molecular weight excluding hydrogens is 1040 g/mol. The van der Waals surface area contributed by atoms with Gasteiger partial charge in [-0.15, -0.1) is 0 Å². The van der Waals surface area contributed by atoms with Crippen molar-refractivity contribution in [3.8, 4) is 0 Å². The first-order valence-electron chi connectivity index (χ1n) is 16.7. The van der Waals surface area contributed by atoms with Gasteiger partial charge in [-0.25, -0.2) is 0 Å². The van der Waals surface area contributed by atoms with Crippen molar-refractivity contribution in [1.82, 2.24) is 0 Å². The normalized spacial score (nSPS) is 11.3. The predicted molar refractivity (Wildman–Crippen MR) is 180 cm³/mol. The van der Waals surface area contributed by atoms with Gasteiger partial charge in [-0.2, -0.15) is 0 Å². The van der Waals surface area contributed by atoms with Gasteiger partial charge in [0.25, 0.3) is 0 Å². The van der Waals surface area contributed by atoms with E-state index in [9.17, 15) is 59.4 Å². The number of carbonyl (C=O) groups excluding carboxylic acids is 6. The summed E-state index contributed by atoms with van der Waals surface area (Å²) in [7, 11) is 0. The van der Waals surface area contributed by atoms with E-state index in [0.717, 1.165) is 57.8 Å². The Morgan fingerprint density at radius 1 is 0.380 bits per heavy atom. The summed E-state index contributed by atoms with van der Waals surface area (Å²) in [6.45, 7) is 12.8. The van der Waals surface area contributed by atoms with Crippen LogP contribution >= 0.6 is 0 Å². The van der Waals surface area contributed by atoms with Gasteiger partial charge in [0.2, 0.25) is 0 Å². The quantitative estimate of drug-likeness (QED) is 0.0663. The van der Waals surface area contributed by atoms with Crippen molar-refractivity contribution in [1.29, 1.82) is 0 Å². The maximum atomic E-state index is 10.5. The zero-order chi connectivity index (χ0) is 37.7. The van der Waals surface area contributed by atoms with E-state index in [1.807, 2.05) is 0 Å². The molecular formula is C36H54Bi2O12.